The highest BCUT2D eigenvalue weighted by Crippen LogP contribution is 2.43. The Labute approximate surface area is 76.0 Å². The largest absolute Gasteiger partial charge is 0.421 e. The highest BCUT2D eigenvalue weighted by molar-refractivity contribution is 7.53. The number of rotatable bonds is 3. The molecule has 0 N–H and O–H groups in total. The SMILES string of the molecule is COP(C)(=O)Oc1ccccc1F. The first-order valence-electron chi connectivity index (χ1n) is 3.62. The topological polar surface area (TPSA) is 35.5 Å². The fourth-order valence-corrected chi connectivity index (χ4v) is 1.31. The van der Waals surface area contributed by atoms with Gasteiger partial charge in [0, 0.05) is 13.8 Å². The number of benzene rings is 1. The number of hydrogen-bond donors (Lipinski definition) is 0. The lowest BCUT2D eigenvalue weighted by molar-refractivity contribution is 0.323. The monoisotopic (exact) mass is 204 g/mol. The molecule has 72 valence electrons. The van der Waals surface area contributed by atoms with E-state index in [2.05, 4.69) is 4.52 Å². The van der Waals surface area contributed by atoms with E-state index in [4.69, 9.17) is 4.52 Å². The zero-order valence-corrected chi connectivity index (χ0v) is 8.25. The molecule has 0 heterocycles. The Kier molecular flexibility index (Phi) is 3.07. The van der Waals surface area contributed by atoms with Crippen LogP contribution < -0.4 is 4.52 Å². The molecule has 0 aromatic heterocycles. The molecular weight excluding hydrogens is 194 g/mol. The van der Waals surface area contributed by atoms with E-state index in [1.54, 1.807) is 6.07 Å². The van der Waals surface area contributed by atoms with Crippen molar-refractivity contribution in [2.45, 2.75) is 0 Å². The van der Waals surface area contributed by atoms with Gasteiger partial charge in [0.2, 0.25) is 0 Å². The third-order valence-electron chi connectivity index (χ3n) is 1.43. The second-order valence-corrected chi connectivity index (χ2v) is 4.57. The van der Waals surface area contributed by atoms with E-state index in [9.17, 15) is 8.96 Å². The Hall–Kier alpha value is -0.860. The van der Waals surface area contributed by atoms with E-state index >= 15 is 0 Å². The zero-order chi connectivity index (χ0) is 9.90. The summed E-state index contributed by atoms with van der Waals surface area (Å²) in [4.78, 5) is 0. The van der Waals surface area contributed by atoms with Crippen LogP contribution in [0.2, 0.25) is 0 Å². The van der Waals surface area contributed by atoms with Gasteiger partial charge in [-0.25, -0.2) is 8.96 Å². The smallest absolute Gasteiger partial charge is 0.375 e. The minimum atomic E-state index is -3.16. The van der Waals surface area contributed by atoms with Crippen LogP contribution in [-0.4, -0.2) is 13.8 Å². The van der Waals surface area contributed by atoms with Crippen molar-refractivity contribution in [1.82, 2.24) is 0 Å². The van der Waals surface area contributed by atoms with Crippen LogP contribution in [-0.2, 0) is 9.09 Å². The van der Waals surface area contributed by atoms with Crippen LogP contribution in [0.15, 0.2) is 24.3 Å². The average Bonchev–Trinajstić information content (AvgIpc) is 2.09. The van der Waals surface area contributed by atoms with Gasteiger partial charge in [0.25, 0.3) is 0 Å². The molecule has 0 aliphatic carbocycles. The van der Waals surface area contributed by atoms with Gasteiger partial charge in [0.05, 0.1) is 0 Å². The molecule has 0 aliphatic rings. The first kappa shape index (κ1) is 10.2. The minimum Gasteiger partial charge on any atom is -0.421 e. The minimum absolute atomic E-state index is 0.0600. The van der Waals surface area contributed by atoms with Crippen LogP contribution in [0.3, 0.4) is 0 Å². The van der Waals surface area contributed by atoms with Crippen molar-refractivity contribution in [3.8, 4) is 5.75 Å². The predicted octanol–water partition coefficient (Wildman–Crippen LogP) is 2.67. The molecule has 0 aliphatic heterocycles. The van der Waals surface area contributed by atoms with Crippen LogP contribution in [0.25, 0.3) is 0 Å². The van der Waals surface area contributed by atoms with Gasteiger partial charge in [0.15, 0.2) is 11.6 Å². The molecule has 13 heavy (non-hydrogen) atoms. The molecule has 0 saturated heterocycles. The second kappa shape index (κ2) is 3.90. The fourth-order valence-electron chi connectivity index (χ4n) is 0.735. The lowest BCUT2D eigenvalue weighted by Gasteiger charge is -2.12. The van der Waals surface area contributed by atoms with Crippen molar-refractivity contribution >= 4 is 7.60 Å². The van der Waals surface area contributed by atoms with Crippen molar-refractivity contribution in [1.29, 1.82) is 0 Å². The van der Waals surface area contributed by atoms with Crippen LogP contribution in [0.4, 0.5) is 4.39 Å². The third kappa shape index (κ3) is 2.83. The fraction of sp³-hybridized carbons (Fsp3) is 0.250. The standard InChI is InChI=1S/C8H10FO3P/c1-11-13(2,10)12-8-6-4-3-5-7(8)9/h3-6H,1-2H3. The van der Waals surface area contributed by atoms with Crippen LogP contribution >= 0.6 is 7.60 Å². The molecule has 1 atom stereocenters. The van der Waals surface area contributed by atoms with Gasteiger partial charge in [-0.05, 0) is 12.1 Å². The molecule has 0 spiro atoms. The maximum Gasteiger partial charge on any atom is 0.375 e. The Morgan fingerprint density at radius 2 is 2.00 bits per heavy atom. The summed E-state index contributed by atoms with van der Waals surface area (Å²) in [7, 11) is -1.91. The summed E-state index contributed by atoms with van der Waals surface area (Å²) >= 11 is 0. The summed E-state index contributed by atoms with van der Waals surface area (Å²) in [5.41, 5.74) is 0. The molecule has 5 heteroatoms. The highest BCUT2D eigenvalue weighted by atomic mass is 31.2. The summed E-state index contributed by atoms with van der Waals surface area (Å²) in [6.07, 6.45) is 0. The van der Waals surface area contributed by atoms with Gasteiger partial charge >= 0.3 is 7.60 Å². The van der Waals surface area contributed by atoms with Crippen LogP contribution in [0.1, 0.15) is 0 Å². The molecule has 0 amide bonds. The molecule has 0 bridgehead atoms. The van der Waals surface area contributed by atoms with Crippen molar-refractivity contribution in [2.75, 3.05) is 13.8 Å². The van der Waals surface area contributed by atoms with Gasteiger partial charge in [-0.3, -0.25) is 0 Å². The van der Waals surface area contributed by atoms with Crippen LogP contribution in [0, 0.1) is 5.82 Å². The maximum absolute atomic E-state index is 13.0. The zero-order valence-electron chi connectivity index (χ0n) is 7.36. The van der Waals surface area contributed by atoms with Crippen molar-refractivity contribution in [3.63, 3.8) is 0 Å². The molecule has 1 unspecified atom stereocenters. The van der Waals surface area contributed by atoms with E-state index in [1.807, 2.05) is 0 Å². The average molecular weight is 204 g/mol. The third-order valence-corrected chi connectivity index (χ3v) is 2.62. The quantitative estimate of drug-likeness (QED) is 0.710. The molecule has 1 rings (SSSR count). The molecule has 1 aromatic carbocycles. The molecule has 1 aromatic rings. The first-order chi connectivity index (χ1) is 6.05. The second-order valence-electron chi connectivity index (χ2n) is 2.48. The van der Waals surface area contributed by atoms with Crippen molar-refractivity contribution in [3.05, 3.63) is 30.1 Å². The van der Waals surface area contributed by atoms with Gasteiger partial charge in [-0.15, -0.1) is 0 Å². The molecule has 0 radical (unpaired) electrons. The van der Waals surface area contributed by atoms with Crippen LogP contribution in [0.5, 0.6) is 5.75 Å². The molecular formula is C8H10FO3P. The summed E-state index contributed by atoms with van der Waals surface area (Å²) in [6.45, 7) is 1.28. The Morgan fingerprint density at radius 3 is 2.54 bits per heavy atom. The van der Waals surface area contributed by atoms with E-state index in [0.717, 1.165) is 0 Å². The van der Waals surface area contributed by atoms with Gasteiger partial charge in [-0.1, -0.05) is 12.1 Å². The normalized spacial score (nSPS) is 15.0. The Morgan fingerprint density at radius 1 is 1.38 bits per heavy atom. The lowest BCUT2D eigenvalue weighted by atomic mass is 10.3. The first-order valence-corrected chi connectivity index (χ1v) is 5.61. The van der Waals surface area contributed by atoms with Crippen molar-refractivity contribution in [2.24, 2.45) is 0 Å². The lowest BCUT2D eigenvalue weighted by Crippen LogP contribution is -1.94. The Bertz CT molecular complexity index is 340. The van der Waals surface area contributed by atoms with Crippen molar-refractivity contribution < 1.29 is 18.0 Å². The summed E-state index contributed by atoms with van der Waals surface area (Å²) in [6, 6.07) is 5.74. The maximum atomic E-state index is 13.0. The summed E-state index contributed by atoms with van der Waals surface area (Å²) in [5, 5.41) is 0. The number of hydrogen-bond acceptors (Lipinski definition) is 3. The van der Waals surface area contributed by atoms with E-state index in [-0.39, 0.29) is 5.75 Å². The Balaban J connectivity index is 2.86. The highest BCUT2D eigenvalue weighted by Gasteiger charge is 2.17. The summed E-state index contributed by atoms with van der Waals surface area (Å²) in [5.74, 6) is -0.614. The number of para-hydroxylation sites is 1. The summed E-state index contributed by atoms with van der Waals surface area (Å²) < 4.78 is 33.7. The number of halogens is 1. The van der Waals surface area contributed by atoms with Gasteiger partial charge in [-0.2, -0.15) is 0 Å². The van der Waals surface area contributed by atoms with E-state index in [1.165, 1.54) is 32.0 Å². The molecule has 0 fully saturated rings. The molecule has 0 saturated carbocycles. The van der Waals surface area contributed by atoms with Gasteiger partial charge in [0.1, 0.15) is 0 Å². The van der Waals surface area contributed by atoms with E-state index in [0.29, 0.717) is 0 Å². The van der Waals surface area contributed by atoms with Gasteiger partial charge < -0.3 is 9.05 Å². The van der Waals surface area contributed by atoms with E-state index < -0.39 is 13.4 Å². The molecule has 3 nitrogen and oxygen atoms in total. The predicted molar refractivity (Wildman–Crippen MR) is 47.6 cm³/mol.